The summed E-state index contributed by atoms with van der Waals surface area (Å²) in [6.45, 7) is 4.32. The maximum Gasteiger partial charge on any atom is 0.200 e. The molecule has 1 fully saturated rings. The number of rotatable bonds is 3. The Morgan fingerprint density at radius 3 is 2.55 bits per heavy atom. The molecule has 0 aliphatic carbocycles. The van der Waals surface area contributed by atoms with Crippen molar-refractivity contribution >= 4 is 27.7 Å². The molecule has 0 saturated carbocycles. The number of aromatic hydroxyl groups is 1. The molecule has 1 aliphatic rings. The Hall–Kier alpha value is -3.63. The minimum absolute atomic E-state index is 0.0194. The van der Waals surface area contributed by atoms with Gasteiger partial charge in [-0.1, -0.05) is 13.3 Å². The summed E-state index contributed by atoms with van der Waals surface area (Å²) in [5.41, 5.74) is 3.77. The Morgan fingerprint density at radius 1 is 1.10 bits per heavy atom. The number of piperidine rings is 1. The zero-order valence-electron chi connectivity index (χ0n) is 17.5. The van der Waals surface area contributed by atoms with Crippen LogP contribution in [-0.4, -0.2) is 38.9 Å². The van der Waals surface area contributed by atoms with Crippen LogP contribution in [0.15, 0.2) is 36.4 Å². The van der Waals surface area contributed by atoms with Crippen molar-refractivity contribution in [3.05, 3.63) is 47.5 Å². The van der Waals surface area contributed by atoms with Gasteiger partial charge in [0, 0.05) is 22.9 Å². The number of H-pyrrole nitrogens is 2. The molecule has 5 rings (SSSR count). The van der Waals surface area contributed by atoms with Crippen molar-refractivity contribution in [2.24, 2.45) is 0 Å². The number of nitriles is 1. The van der Waals surface area contributed by atoms with E-state index in [-0.39, 0.29) is 11.7 Å². The van der Waals surface area contributed by atoms with Crippen molar-refractivity contribution in [3.8, 4) is 23.3 Å². The van der Waals surface area contributed by atoms with Gasteiger partial charge in [-0.2, -0.15) is 5.26 Å². The molecule has 31 heavy (non-hydrogen) atoms. The van der Waals surface area contributed by atoms with Crippen LogP contribution >= 0.6 is 0 Å². The average Bonchev–Trinajstić information content (AvgIpc) is 3.38. The van der Waals surface area contributed by atoms with Crippen molar-refractivity contribution in [2.45, 2.75) is 32.6 Å². The number of carbonyl (C=O) groups excluding carboxylic acids is 1. The van der Waals surface area contributed by atoms with Crippen LogP contribution in [-0.2, 0) is 0 Å². The Morgan fingerprint density at radius 2 is 1.90 bits per heavy atom. The first kappa shape index (κ1) is 20.6. The molecule has 2 aromatic carbocycles. The minimum atomic E-state index is -0.0194. The molecule has 1 saturated heterocycles. The average molecular weight is 415 g/mol. The SMILES string of the molecule is C1CCNCC1.CCC(=O)c1ccc2nc(-c3c(O)[nH]c4ccc(C#N)cc34)[nH]c2c1. The third-order valence-electron chi connectivity index (χ3n) is 5.48. The fourth-order valence-electron chi connectivity index (χ4n) is 3.79. The lowest BCUT2D eigenvalue weighted by Gasteiger charge is -2.08. The van der Waals surface area contributed by atoms with E-state index in [0.717, 1.165) is 5.52 Å². The Balaban J connectivity index is 0.000000334. The van der Waals surface area contributed by atoms with Crippen molar-refractivity contribution in [2.75, 3.05) is 13.1 Å². The summed E-state index contributed by atoms with van der Waals surface area (Å²) in [5, 5.41) is 23.4. The standard InChI is InChI=1S/C19H14N4O2.C5H11N/c1-2-16(24)11-4-6-14-15(8-11)22-18(21-14)17-12-7-10(9-20)3-5-13(12)23-19(17)25;1-2-4-6-5-3-1/h3-8,23,25H,2H2,1H3,(H,21,22);6H,1-5H2. The van der Waals surface area contributed by atoms with Gasteiger partial charge in [-0.05, 0) is 62.3 Å². The van der Waals surface area contributed by atoms with Crippen molar-refractivity contribution < 1.29 is 9.90 Å². The van der Waals surface area contributed by atoms with Crippen LogP contribution in [0.3, 0.4) is 0 Å². The van der Waals surface area contributed by atoms with Gasteiger partial charge in [0.1, 0.15) is 5.82 Å². The maximum absolute atomic E-state index is 11.9. The number of benzene rings is 2. The molecule has 7 nitrogen and oxygen atoms in total. The second kappa shape index (κ2) is 9.02. The zero-order valence-corrected chi connectivity index (χ0v) is 17.5. The molecular weight excluding hydrogens is 390 g/mol. The number of carbonyl (C=O) groups is 1. The smallest absolute Gasteiger partial charge is 0.200 e. The number of aromatic amines is 2. The van der Waals surface area contributed by atoms with Gasteiger partial charge < -0.3 is 20.4 Å². The van der Waals surface area contributed by atoms with Crippen LogP contribution in [0.5, 0.6) is 5.88 Å². The number of imidazole rings is 1. The summed E-state index contributed by atoms with van der Waals surface area (Å²) in [4.78, 5) is 22.5. The van der Waals surface area contributed by atoms with E-state index >= 15 is 0 Å². The summed E-state index contributed by atoms with van der Waals surface area (Å²) in [6, 6.07) is 12.5. The van der Waals surface area contributed by atoms with E-state index in [1.807, 2.05) is 6.92 Å². The second-order valence-electron chi connectivity index (χ2n) is 7.63. The highest BCUT2D eigenvalue weighted by molar-refractivity contribution is 6.01. The summed E-state index contributed by atoms with van der Waals surface area (Å²) < 4.78 is 0. The van der Waals surface area contributed by atoms with Gasteiger partial charge in [0.2, 0.25) is 5.88 Å². The van der Waals surface area contributed by atoms with Crippen molar-refractivity contribution in [1.29, 1.82) is 5.26 Å². The molecule has 0 unspecified atom stereocenters. The first-order valence-corrected chi connectivity index (χ1v) is 10.6. The first-order chi connectivity index (χ1) is 15.1. The predicted molar refractivity (Wildman–Crippen MR) is 121 cm³/mol. The lowest BCUT2D eigenvalue weighted by molar-refractivity contribution is 0.0988. The number of fused-ring (bicyclic) bond motifs is 2. The highest BCUT2D eigenvalue weighted by Crippen LogP contribution is 2.36. The number of Topliss-reactive ketones (excluding diaryl/α,β-unsaturated/α-hetero) is 1. The van der Waals surface area contributed by atoms with E-state index in [4.69, 9.17) is 5.26 Å². The summed E-state index contributed by atoms with van der Waals surface area (Å²) >= 11 is 0. The zero-order chi connectivity index (χ0) is 21.8. The van der Waals surface area contributed by atoms with Gasteiger partial charge in [0.05, 0.1) is 28.2 Å². The van der Waals surface area contributed by atoms with Crippen LogP contribution in [0.1, 0.15) is 48.5 Å². The van der Waals surface area contributed by atoms with Gasteiger partial charge in [-0.3, -0.25) is 4.79 Å². The fourth-order valence-corrected chi connectivity index (χ4v) is 3.79. The van der Waals surface area contributed by atoms with E-state index in [2.05, 4.69) is 26.3 Å². The van der Waals surface area contributed by atoms with Gasteiger partial charge in [0.15, 0.2) is 5.78 Å². The second-order valence-corrected chi connectivity index (χ2v) is 7.63. The van der Waals surface area contributed by atoms with Crippen LogP contribution in [0.4, 0.5) is 0 Å². The molecule has 0 radical (unpaired) electrons. The molecule has 0 atom stereocenters. The highest BCUT2D eigenvalue weighted by atomic mass is 16.3. The lowest BCUT2D eigenvalue weighted by atomic mass is 10.1. The van der Waals surface area contributed by atoms with Gasteiger partial charge in [0.25, 0.3) is 0 Å². The predicted octanol–water partition coefficient (Wildman–Crippen LogP) is 4.64. The van der Waals surface area contributed by atoms with Gasteiger partial charge in [-0.15, -0.1) is 0 Å². The Bertz CT molecular complexity index is 1260. The van der Waals surface area contributed by atoms with Gasteiger partial charge in [-0.25, -0.2) is 4.98 Å². The summed E-state index contributed by atoms with van der Waals surface area (Å²) in [5.74, 6) is 0.524. The van der Waals surface area contributed by atoms with E-state index in [0.29, 0.717) is 45.4 Å². The molecule has 7 heteroatoms. The first-order valence-electron chi connectivity index (χ1n) is 10.6. The normalized spacial score (nSPS) is 13.5. The molecule has 2 aromatic heterocycles. The van der Waals surface area contributed by atoms with E-state index in [1.54, 1.807) is 36.4 Å². The van der Waals surface area contributed by atoms with Crippen LogP contribution in [0.25, 0.3) is 33.3 Å². The minimum Gasteiger partial charge on any atom is -0.494 e. The summed E-state index contributed by atoms with van der Waals surface area (Å²) in [6.07, 6.45) is 4.65. The Labute approximate surface area is 180 Å². The number of nitrogens with one attached hydrogen (secondary N) is 3. The Kier molecular flexibility index (Phi) is 6.01. The molecule has 0 amide bonds. The summed E-state index contributed by atoms with van der Waals surface area (Å²) in [7, 11) is 0. The van der Waals surface area contributed by atoms with Crippen LogP contribution in [0.2, 0.25) is 0 Å². The molecule has 3 heterocycles. The van der Waals surface area contributed by atoms with E-state index in [9.17, 15) is 9.90 Å². The molecular formula is C24H25N5O2. The quantitative estimate of drug-likeness (QED) is 0.364. The highest BCUT2D eigenvalue weighted by Gasteiger charge is 2.17. The van der Waals surface area contributed by atoms with Crippen molar-refractivity contribution in [1.82, 2.24) is 20.3 Å². The third kappa shape index (κ3) is 4.30. The third-order valence-corrected chi connectivity index (χ3v) is 5.48. The topological polar surface area (TPSA) is 118 Å². The number of hydrogen-bond donors (Lipinski definition) is 4. The van der Waals surface area contributed by atoms with Crippen LogP contribution in [0, 0.1) is 11.3 Å². The molecule has 0 bridgehead atoms. The van der Waals surface area contributed by atoms with Crippen molar-refractivity contribution in [3.63, 3.8) is 0 Å². The molecule has 158 valence electrons. The van der Waals surface area contributed by atoms with E-state index < -0.39 is 0 Å². The lowest BCUT2D eigenvalue weighted by Crippen LogP contribution is -2.21. The number of aromatic nitrogens is 3. The monoisotopic (exact) mass is 415 g/mol. The number of nitrogens with zero attached hydrogens (tertiary/aromatic N) is 2. The fraction of sp³-hybridized carbons (Fsp3) is 0.292. The molecule has 4 N–H and O–H groups in total. The number of hydrogen-bond acceptors (Lipinski definition) is 5. The maximum atomic E-state index is 11.9. The number of ketones is 1. The van der Waals surface area contributed by atoms with Crippen LogP contribution < -0.4 is 5.32 Å². The molecule has 0 spiro atoms. The van der Waals surface area contributed by atoms with Gasteiger partial charge >= 0.3 is 0 Å². The largest absolute Gasteiger partial charge is 0.494 e. The molecule has 1 aliphatic heterocycles. The molecule has 4 aromatic rings. The van der Waals surface area contributed by atoms with E-state index in [1.165, 1.54) is 32.4 Å².